The van der Waals surface area contributed by atoms with E-state index in [9.17, 15) is 9.59 Å². The van der Waals surface area contributed by atoms with Crippen LogP contribution in [0.4, 0.5) is 5.13 Å². The molecule has 0 atom stereocenters. The number of nitrogens with zero attached hydrogens (tertiary/aromatic N) is 2. The van der Waals surface area contributed by atoms with Crippen LogP contribution < -0.4 is 5.32 Å². The fourth-order valence-corrected chi connectivity index (χ4v) is 3.84. The molecule has 1 aliphatic rings. The molecular formula is C18H20ClN3O2S. The van der Waals surface area contributed by atoms with E-state index < -0.39 is 0 Å². The number of carbonyl (C=O) groups is 2. The zero-order chi connectivity index (χ0) is 17.8. The molecule has 2 amide bonds. The highest BCUT2D eigenvalue weighted by molar-refractivity contribution is 7.16. The minimum Gasteiger partial charge on any atom is -0.333 e. The van der Waals surface area contributed by atoms with Crippen molar-refractivity contribution in [1.82, 2.24) is 9.88 Å². The van der Waals surface area contributed by atoms with Crippen molar-refractivity contribution in [3.8, 4) is 11.3 Å². The predicted molar refractivity (Wildman–Crippen MR) is 101 cm³/mol. The quantitative estimate of drug-likeness (QED) is 0.871. The minimum absolute atomic E-state index is 0.0600. The van der Waals surface area contributed by atoms with Crippen molar-refractivity contribution in [2.24, 2.45) is 0 Å². The van der Waals surface area contributed by atoms with E-state index in [1.807, 2.05) is 31.2 Å². The number of hydrogen-bond donors (Lipinski definition) is 1. The third-order valence-corrected chi connectivity index (χ3v) is 5.30. The molecule has 1 N–H and O–H groups in total. The third-order valence-electron chi connectivity index (χ3n) is 4.17. The largest absolute Gasteiger partial charge is 0.333 e. The Morgan fingerprint density at radius 2 is 2.04 bits per heavy atom. The van der Waals surface area contributed by atoms with Gasteiger partial charge in [0.2, 0.25) is 11.8 Å². The number of thiazole rings is 1. The Hall–Kier alpha value is -1.92. The summed E-state index contributed by atoms with van der Waals surface area (Å²) >= 11 is 7.35. The van der Waals surface area contributed by atoms with Crippen LogP contribution in [-0.2, 0) is 9.59 Å². The van der Waals surface area contributed by atoms with Gasteiger partial charge >= 0.3 is 0 Å². The van der Waals surface area contributed by atoms with E-state index in [2.05, 4.69) is 10.3 Å². The Kier molecular flexibility index (Phi) is 5.71. The summed E-state index contributed by atoms with van der Waals surface area (Å²) in [7, 11) is 0. The molecule has 0 radical (unpaired) electrons. The van der Waals surface area contributed by atoms with Crippen LogP contribution in [-0.4, -0.2) is 34.8 Å². The predicted octanol–water partition coefficient (Wildman–Crippen LogP) is 4.11. The molecule has 0 saturated carbocycles. The number of aromatic nitrogens is 1. The minimum atomic E-state index is -0.202. The number of benzene rings is 1. The van der Waals surface area contributed by atoms with Gasteiger partial charge in [0.15, 0.2) is 5.13 Å². The maximum atomic E-state index is 12.3. The van der Waals surface area contributed by atoms with Crippen molar-refractivity contribution in [3.63, 3.8) is 0 Å². The highest BCUT2D eigenvalue weighted by atomic mass is 35.5. The van der Waals surface area contributed by atoms with Crippen molar-refractivity contribution >= 4 is 39.9 Å². The maximum absolute atomic E-state index is 12.3. The number of halogens is 1. The highest BCUT2D eigenvalue weighted by Gasteiger charge is 2.20. The van der Waals surface area contributed by atoms with Crippen molar-refractivity contribution in [1.29, 1.82) is 0 Å². The Bertz CT molecular complexity index is 773. The van der Waals surface area contributed by atoms with E-state index in [0.717, 1.165) is 35.4 Å². The lowest BCUT2D eigenvalue weighted by Gasteiger charge is -2.19. The first-order chi connectivity index (χ1) is 12.0. The van der Waals surface area contributed by atoms with Crippen molar-refractivity contribution in [3.05, 3.63) is 34.2 Å². The normalized spacial score (nSPS) is 15.1. The number of rotatable bonds is 4. The number of hydrogen-bond acceptors (Lipinski definition) is 4. The fourth-order valence-electron chi connectivity index (χ4n) is 2.86. The molecule has 132 valence electrons. The average molecular weight is 378 g/mol. The van der Waals surface area contributed by atoms with Crippen LogP contribution in [0.5, 0.6) is 0 Å². The number of aryl methyl sites for hydroxylation is 1. The number of likely N-dealkylation sites (tertiary alicyclic amines) is 1. The van der Waals surface area contributed by atoms with Crippen LogP contribution in [0, 0.1) is 6.92 Å². The fraction of sp³-hybridized carbons (Fsp3) is 0.389. The van der Waals surface area contributed by atoms with E-state index in [4.69, 9.17) is 11.6 Å². The number of amides is 2. The first kappa shape index (κ1) is 17.9. The maximum Gasteiger partial charge on any atom is 0.245 e. The summed E-state index contributed by atoms with van der Waals surface area (Å²) < 4.78 is 0. The van der Waals surface area contributed by atoms with E-state index in [0.29, 0.717) is 23.1 Å². The molecule has 1 aromatic heterocycles. The number of carbonyl (C=O) groups excluding carboxylic acids is 2. The van der Waals surface area contributed by atoms with Crippen molar-refractivity contribution < 1.29 is 9.59 Å². The summed E-state index contributed by atoms with van der Waals surface area (Å²) in [6.07, 6.45) is 3.44. The monoisotopic (exact) mass is 377 g/mol. The van der Waals surface area contributed by atoms with Crippen LogP contribution >= 0.6 is 22.9 Å². The first-order valence-corrected chi connectivity index (χ1v) is 9.53. The number of nitrogens with one attached hydrogen (secondary N) is 1. The molecule has 5 nitrogen and oxygen atoms in total. The Morgan fingerprint density at radius 1 is 1.28 bits per heavy atom. The molecule has 1 aromatic carbocycles. The molecule has 0 aliphatic carbocycles. The Morgan fingerprint density at radius 3 is 2.80 bits per heavy atom. The zero-order valence-corrected chi connectivity index (χ0v) is 15.6. The summed E-state index contributed by atoms with van der Waals surface area (Å²) in [5.74, 6) is -0.142. The van der Waals surface area contributed by atoms with Gasteiger partial charge in [-0.1, -0.05) is 30.2 Å². The lowest BCUT2D eigenvalue weighted by molar-refractivity contribution is -0.134. The van der Waals surface area contributed by atoms with Crippen LogP contribution in [0.3, 0.4) is 0 Å². The molecule has 0 spiro atoms. The molecule has 7 heteroatoms. The van der Waals surface area contributed by atoms with Crippen LogP contribution in [0.25, 0.3) is 11.3 Å². The van der Waals surface area contributed by atoms with Gasteiger partial charge in [-0.2, -0.15) is 0 Å². The van der Waals surface area contributed by atoms with Crippen molar-refractivity contribution in [2.75, 3.05) is 18.4 Å². The molecular weight excluding hydrogens is 358 g/mol. The van der Waals surface area contributed by atoms with Gasteiger partial charge in [0.25, 0.3) is 0 Å². The lowest BCUT2D eigenvalue weighted by Crippen LogP contribution is -2.37. The molecule has 1 fully saturated rings. The summed E-state index contributed by atoms with van der Waals surface area (Å²) in [6, 6.07) is 7.45. The summed E-state index contributed by atoms with van der Waals surface area (Å²) in [6.45, 7) is 2.71. The van der Waals surface area contributed by atoms with Gasteiger partial charge in [0, 0.05) is 28.4 Å². The molecule has 1 saturated heterocycles. The van der Waals surface area contributed by atoms with Crippen LogP contribution in [0.2, 0.25) is 5.02 Å². The molecule has 3 rings (SSSR count). The summed E-state index contributed by atoms with van der Waals surface area (Å²) in [5, 5.41) is 4.05. The molecule has 2 heterocycles. The average Bonchev–Trinajstić information content (AvgIpc) is 2.81. The molecule has 25 heavy (non-hydrogen) atoms. The van der Waals surface area contributed by atoms with Gasteiger partial charge in [-0.05, 0) is 31.9 Å². The van der Waals surface area contributed by atoms with Crippen LogP contribution in [0.15, 0.2) is 24.3 Å². The summed E-state index contributed by atoms with van der Waals surface area (Å²) in [5.41, 5.74) is 1.80. The molecule has 0 unspecified atom stereocenters. The standard InChI is InChI=1S/C18H20ClN3O2S/c1-12-17(13-6-8-14(19)9-7-13)21-18(25-12)20-15(23)11-22-10-4-2-3-5-16(22)24/h6-9H,2-5,10-11H2,1H3,(H,20,21,23). The van der Waals surface area contributed by atoms with Gasteiger partial charge < -0.3 is 10.2 Å². The van der Waals surface area contributed by atoms with Gasteiger partial charge in [-0.3, -0.25) is 9.59 Å². The second-order valence-corrected chi connectivity index (χ2v) is 7.74. The van der Waals surface area contributed by atoms with E-state index in [-0.39, 0.29) is 18.4 Å². The van der Waals surface area contributed by atoms with Gasteiger partial charge in [-0.25, -0.2) is 4.98 Å². The second-order valence-electron chi connectivity index (χ2n) is 6.10. The van der Waals surface area contributed by atoms with Gasteiger partial charge in [0.1, 0.15) is 0 Å². The topological polar surface area (TPSA) is 62.3 Å². The first-order valence-electron chi connectivity index (χ1n) is 8.34. The number of anilines is 1. The van der Waals surface area contributed by atoms with E-state index in [1.54, 1.807) is 4.90 Å². The van der Waals surface area contributed by atoms with Gasteiger partial charge in [-0.15, -0.1) is 11.3 Å². The van der Waals surface area contributed by atoms with E-state index in [1.165, 1.54) is 11.3 Å². The van der Waals surface area contributed by atoms with E-state index >= 15 is 0 Å². The van der Waals surface area contributed by atoms with Crippen molar-refractivity contribution in [2.45, 2.75) is 32.6 Å². The smallest absolute Gasteiger partial charge is 0.245 e. The molecule has 2 aromatic rings. The van der Waals surface area contributed by atoms with Gasteiger partial charge in [0.05, 0.1) is 12.2 Å². The second kappa shape index (κ2) is 7.97. The lowest BCUT2D eigenvalue weighted by atomic mass is 10.1. The van der Waals surface area contributed by atoms with Crippen LogP contribution in [0.1, 0.15) is 30.6 Å². The Balaban J connectivity index is 1.66. The zero-order valence-electron chi connectivity index (χ0n) is 14.0. The Labute approximate surface area is 156 Å². The third kappa shape index (κ3) is 4.58. The SMILES string of the molecule is Cc1sc(NC(=O)CN2CCCCCC2=O)nc1-c1ccc(Cl)cc1. The highest BCUT2D eigenvalue weighted by Crippen LogP contribution is 2.31. The molecule has 0 bridgehead atoms. The molecule has 1 aliphatic heterocycles. The summed E-state index contributed by atoms with van der Waals surface area (Å²) in [4.78, 5) is 31.5.